The third-order valence-corrected chi connectivity index (χ3v) is 7.38. The molecular formula is C29H30N2O4S. The minimum atomic E-state index is -0.924. The molecule has 0 bridgehead atoms. The van der Waals surface area contributed by atoms with Crippen LogP contribution in [-0.2, 0) is 9.59 Å². The molecule has 1 unspecified atom stereocenters. The van der Waals surface area contributed by atoms with E-state index in [1.807, 2.05) is 38.1 Å². The molecule has 1 aliphatic heterocycles. The van der Waals surface area contributed by atoms with Crippen LogP contribution in [0.2, 0.25) is 0 Å². The van der Waals surface area contributed by atoms with Crippen molar-refractivity contribution in [2.45, 2.75) is 33.7 Å². The van der Waals surface area contributed by atoms with E-state index in [-0.39, 0.29) is 17.3 Å². The number of hydrogen-bond donors (Lipinski definition) is 1. The summed E-state index contributed by atoms with van der Waals surface area (Å²) < 4.78 is 0. The third-order valence-electron chi connectivity index (χ3n) is 6.51. The van der Waals surface area contributed by atoms with Crippen molar-refractivity contribution in [3.63, 3.8) is 0 Å². The maximum absolute atomic E-state index is 13.4. The summed E-state index contributed by atoms with van der Waals surface area (Å²) in [6.07, 6.45) is 0. The number of carbonyl (C=O) groups excluding carboxylic acids is 3. The van der Waals surface area contributed by atoms with Gasteiger partial charge in [-0.1, -0.05) is 44.2 Å². The summed E-state index contributed by atoms with van der Waals surface area (Å²) in [4.78, 5) is 44.1. The van der Waals surface area contributed by atoms with Gasteiger partial charge in [-0.2, -0.15) is 0 Å². The number of nitrogens with zero attached hydrogens (tertiary/aromatic N) is 2. The molecule has 186 valence electrons. The SMILES string of the molecule is CCN(C)C(=O)c1ccccc1C1C(C(=O)C(C)C)=C(O)C(=O)N1c1ccc(-c2csc(C)c2)cc1. The van der Waals surface area contributed by atoms with E-state index in [1.54, 1.807) is 61.4 Å². The number of carbonyl (C=O) groups is 3. The monoisotopic (exact) mass is 502 g/mol. The van der Waals surface area contributed by atoms with Crippen molar-refractivity contribution in [3.05, 3.63) is 87.3 Å². The van der Waals surface area contributed by atoms with Gasteiger partial charge in [-0.3, -0.25) is 19.3 Å². The van der Waals surface area contributed by atoms with Gasteiger partial charge in [-0.05, 0) is 60.2 Å². The molecule has 0 spiro atoms. The van der Waals surface area contributed by atoms with E-state index in [2.05, 4.69) is 11.4 Å². The molecule has 0 saturated carbocycles. The fraction of sp³-hybridized carbons (Fsp3) is 0.276. The molecule has 6 nitrogen and oxygen atoms in total. The summed E-state index contributed by atoms with van der Waals surface area (Å²) >= 11 is 1.66. The molecule has 2 aromatic carbocycles. The van der Waals surface area contributed by atoms with Crippen LogP contribution in [0.1, 0.15) is 47.6 Å². The number of aliphatic hydroxyl groups excluding tert-OH is 1. The number of ketones is 1. The van der Waals surface area contributed by atoms with Crippen molar-refractivity contribution in [2.24, 2.45) is 5.92 Å². The number of Topliss-reactive ketones (excluding diaryl/α,β-unsaturated/α-hetero) is 1. The molecule has 0 radical (unpaired) electrons. The standard InChI is InChI=1S/C29H30N2O4S/c1-6-30(5)28(34)23-10-8-7-9-22(23)25-24(26(32)17(2)3)27(33)29(35)31(25)21-13-11-19(12-14-21)20-15-18(4)36-16-20/h7-17,25,33H,6H2,1-5H3. The maximum Gasteiger partial charge on any atom is 0.294 e. The highest BCUT2D eigenvalue weighted by molar-refractivity contribution is 7.10. The third kappa shape index (κ3) is 4.46. The first-order valence-electron chi connectivity index (χ1n) is 12.0. The first-order chi connectivity index (χ1) is 17.1. The Hall–Kier alpha value is -3.71. The number of thiophene rings is 1. The van der Waals surface area contributed by atoms with E-state index in [0.29, 0.717) is 23.4 Å². The van der Waals surface area contributed by atoms with Gasteiger partial charge in [0.15, 0.2) is 11.5 Å². The molecule has 0 saturated heterocycles. The lowest BCUT2D eigenvalue weighted by Crippen LogP contribution is -2.34. The van der Waals surface area contributed by atoms with Crippen molar-refractivity contribution in [1.29, 1.82) is 0 Å². The molecular weight excluding hydrogens is 472 g/mol. The Bertz CT molecular complexity index is 1350. The molecule has 1 atom stereocenters. The van der Waals surface area contributed by atoms with Crippen molar-refractivity contribution < 1.29 is 19.5 Å². The van der Waals surface area contributed by atoms with Crippen molar-refractivity contribution in [3.8, 4) is 11.1 Å². The first-order valence-corrected chi connectivity index (χ1v) is 12.8. The lowest BCUT2D eigenvalue weighted by Gasteiger charge is -2.29. The van der Waals surface area contributed by atoms with Crippen molar-refractivity contribution in [2.75, 3.05) is 18.5 Å². The number of aliphatic hydroxyl groups is 1. The van der Waals surface area contributed by atoms with Crippen LogP contribution < -0.4 is 4.90 Å². The Labute approximate surface area is 215 Å². The first kappa shape index (κ1) is 25.4. The van der Waals surface area contributed by atoms with Crippen LogP contribution in [0, 0.1) is 12.8 Å². The number of hydrogen-bond acceptors (Lipinski definition) is 5. The van der Waals surface area contributed by atoms with E-state index < -0.39 is 23.6 Å². The summed E-state index contributed by atoms with van der Waals surface area (Å²) in [7, 11) is 1.70. The average Bonchev–Trinajstić information content (AvgIpc) is 3.43. The number of rotatable bonds is 7. The summed E-state index contributed by atoms with van der Waals surface area (Å²) in [6.45, 7) is 7.88. The summed E-state index contributed by atoms with van der Waals surface area (Å²) in [5, 5.41) is 13.0. The Morgan fingerprint density at radius 1 is 1.08 bits per heavy atom. The van der Waals surface area contributed by atoms with Crippen LogP contribution in [0.15, 0.2) is 71.3 Å². The number of anilines is 1. The molecule has 36 heavy (non-hydrogen) atoms. The van der Waals surface area contributed by atoms with Crippen LogP contribution in [-0.4, -0.2) is 41.2 Å². The van der Waals surface area contributed by atoms with Crippen LogP contribution >= 0.6 is 11.3 Å². The van der Waals surface area contributed by atoms with Gasteiger partial charge in [0.2, 0.25) is 0 Å². The molecule has 1 aliphatic rings. The van der Waals surface area contributed by atoms with Crippen molar-refractivity contribution in [1.82, 2.24) is 4.90 Å². The van der Waals surface area contributed by atoms with Gasteiger partial charge in [-0.25, -0.2) is 0 Å². The zero-order valence-corrected chi connectivity index (χ0v) is 21.9. The average molecular weight is 503 g/mol. The Morgan fingerprint density at radius 2 is 1.75 bits per heavy atom. The molecule has 4 rings (SSSR count). The second-order valence-corrected chi connectivity index (χ2v) is 10.4. The number of amides is 2. The van der Waals surface area contributed by atoms with Gasteiger partial charge in [-0.15, -0.1) is 11.3 Å². The minimum absolute atomic E-state index is 0.0203. The number of benzene rings is 2. The highest BCUT2D eigenvalue weighted by Crippen LogP contribution is 2.43. The van der Waals surface area contributed by atoms with Gasteiger partial charge >= 0.3 is 0 Å². The lowest BCUT2D eigenvalue weighted by molar-refractivity contribution is -0.119. The predicted molar refractivity (Wildman–Crippen MR) is 143 cm³/mol. The van der Waals surface area contributed by atoms with Gasteiger partial charge in [0.1, 0.15) is 0 Å². The van der Waals surface area contributed by atoms with Crippen molar-refractivity contribution >= 4 is 34.6 Å². The largest absolute Gasteiger partial charge is 0.503 e. The highest BCUT2D eigenvalue weighted by Gasteiger charge is 2.46. The Balaban J connectivity index is 1.86. The molecule has 1 N–H and O–H groups in total. The number of aryl methyl sites for hydroxylation is 1. The quantitative estimate of drug-likeness (QED) is 0.434. The predicted octanol–water partition coefficient (Wildman–Crippen LogP) is 5.94. The van der Waals surface area contributed by atoms with Gasteiger partial charge in [0.05, 0.1) is 11.6 Å². The van der Waals surface area contributed by atoms with Gasteiger partial charge in [0, 0.05) is 35.6 Å². The molecule has 7 heteroatoms. The van der Waals surface area contributed by atoms with Crippen LogP contribution in [0.5, 0.6) is 0 Å². The molecule has 1 aromatic heterocycles. The lowest BCUT2D eigenvalue weighted by atomic mass is 9.88. The normalized spacial score (nSPS) is 15.7. The molecule has 3 aromatic rings. The van der Waals surface area contributed by atoms with Crippen LogP contribution in [0.25, 0.3) is 11.1 Å². The summed E-state index contributed by atoms with van der Waals surface area (Å²) in [5.41, 5.74) is 3.53. The second kappa shape index (κ2) is 10.1. The van der Waals surface area contributed by atoms with Crippen LogP contribution in [0.3, 0.4) is 0 Å². The van der Waals surface area contributed by atoms with E-state index in [4.69, 9.17) is 0 Å². The fourth-order valence-electron chi connectivity index (χ4n) is 4.42. The molecule has 0 fully saturated rings. The smallest absolute Gasteiger partial charge is 0.294 e. The minimum Gasteiger partial charge on any atom is -0.503 e. The topological polar surface area (TPSA) is 77.9 Å². The summed E-state index contributed by atoms with van der Waals surface area (Å²) in [5.74, 6) is -2.21. The highest BCUT2D eigenvalue weighted by atomic mass is 32.1. The second-order valence-electron chi connectivity index (χ2n) is 9.26. The molecule has 2 heterocycles. The Kier molecular flexibility index (Phi) is 7.13. The van der Waals surface area contributed by atoms with E-state index in [9.17, 15) is 19.5 Å². The van der Waals surface area contributed by atoms with E-state index >= 15 is 0 Å². The Morgan fingerprint density at radius 3 is 2.33 bits per heavy atom. The van der Waals surface area contributed by atoms with E-state index in [1.165, 1.54) is 9.78 Å². The van der Waals surface area contributed by atoms with Gasteiger partial charge < -0.3 is 10.0 Å². The molecule has 2 amide bonds. The summed E-state index contributed by atoms with van der Waals surface area (Å²) in [6, 6.07) is 15.6. The fourth-order valence-corrected chi connectivity index (χ4v) is 5.13. The zero-order chi connectivity index (χ0) is 26.1. The maximum atomic E-state index is 13.4. The molecule has 0 aliphatic carbocycles. The van der Waals surface area contributed by atoms with Crippen LogP contribution in [0.4, 0.5) is 5.69 Å². The zero-order valence-electron chi connectivity index (χ0n) is 21.1. The van der Waals surface area contributed by atoms with E-state index in [0.717, 1.165) is 11.1 Å². The van der Waals surface area contributed by atoms with Gasteiger partial charge in [0.25, 0.3) is 11.8 Å².